The molecule has 0 saturated heterocycles. The van der Waals surface area contributed by atoms with Crippen LogP contribution in [0.15, 0.2) is 36.5 Å². The van der Waals surface area contributed by atoms with Crippen LogP contribution in [0, 0.1) is 5.92 Å². The average Bonchev–Trinajstić information content (AvgIpc) is 2.82. The zero-order valence-corrected chi connectivity index (χ0v) is 10.4. The van der Waals surface area contributed by atoms with Crippen LogP contribution in [0.2, 0.25) is 0 Å². The Labute approximate surface area is 107 Å². The molecule has 0 bridgehead atoms. The number of fused-ring (bicyclic) bond motifs is 1. The fraction of sp³-hybridized carbons (Fsp3) is 0.400. The van der Waals surface area contributed by atoms with Gasteiger partial charge < -0.3 is 9.67 Å². The minimum atomic E-state index is 0.291. The lowest BCUT2D eigenvalue weighted by atomic mass is 9.97. The predicted molar refractivity (Wildman–Crippen MR) is 70.4 cm³/mol. The van der Waals surface area contributed by atoms with E-state index in [4.69, 9.17) is 0 Å². The van der Waals surface area contributed by atoms with Gasteiger partial charge in [-0.15, -0.1) is 0 Å². The molecule has 18 heavy (non-hydrogen) atoms. The SMILES string of the molecule is OCC1CCn2c(cnc2Cc2ccccc2)C1. The average molecular weight is 242 g/mol. The highest BCUT2D eigenvalue weighted by atomic mass is 16.3. The van der Waals surface area contributed by atoms with Gasteiger partial charge in [0.1, 0.15) is 5.82 Å². The molecule has 0 saturated carbocycles. The minimum Gasteiger partial charge on any atom is -0.396 e. The normalized spacial score (nSPS) is 18.6. The smallest absolute Gasteiger partial charge is 0.113 e. The monoisotopic (exact) mass is 242 g/mol. The summed E-state index contributed by atoms with van der Waals surface area (Å²) in [5, 5.41) is 9.23. The molecule has 1 aliphatic heterocycles. The highest BCUT2D eigenvalue weighted by molar-refractivity contribution is 5.21. The van der Waals surface area contributed by atoms with Crippen LogP contribution in [0.5, 0.6) is 0 Å². The molecule has 1 atom stereocenters. The molecule has 2 aromatic rings. The van der Waals surface area contributed by atoms with Crippen LogP contribution in [0.4, 0.5) is 0 Å². The highest BCUT2D eigenvalue weighted by Gasteiger charge is 2.20. The van der Waals surface area contributed by atoms with Crippen molar-refractivity contribution >= 4 is 0 Å². The molecule has 1 aromatic heterocycles. The van der Waals surface area contributed by atoms with Gasteiger partial charge in [0, 0.05) is 31.5 Å². The second kappa shape index (κ2) is 4.94. The summed E-state index contributed by atoms with van der Waals surface area (Å²) in [7, 11) is 0. The third kappa shape index (κ3) is 2.18. The number of nitrogens with zero attached hydrogens (tertiary/aromatic N) is 2. The van der Waals surface area contributed by atoms with Gasteiger partial charge in [-0.3, -0.25) is 0 Å². The van der Waals surface area contributed by atoms with Gasteiger partial charge in [-0.25, -0.2) is 4.98 Å². The number of hydrogen-bond donors (Lipinski definition) is 1. The van der Waals surface area contributed by atoms with Crippen molar-refractivity contribution in [3.8, 4) is 0 Å². The summed E-state index contributed by atoms with van der Waals surface area (Å²) >= 11 is 0. The first-order chi connectivity index (χ1) is 8.86. The molecule has 3 heteroatoms. The Morgan fingerprint density at radius 1 is 1.28 bits per heavy atom. The molecular weight excluding hydrogens is 224 g/mol. The first-order valence-electron chi connectivity index (χ1n) is 6.55. The van der Waals surface area contributed by atoms with Gasteiger partial charge in [0.05, 0.1) is 0 Å². The number of hydrogen-bond acceptors (Lipinski definition) is 2. The van der Waals surface area contributed by atoms with E-state index in [2.05, 4.69) is 33.8 Å². The number of aliphatic hydroxyl groups is 1. The largest absolute Gasteiger partial charge is 0.396 e. The number of rotatable bonds is 3. The summed E-state index contributed by atoms with van der Waals surface area (Å²) in [5.74, 6) is 1.56. The number of aliphatic hydroxyl groups excluding tert-OH is 1. The molecule has 0 spiro atoms. The van der Waals surface area contributed by atoms with E-state index in [0.29, 0.717) is 12.5 Å². The molecule has 2 heterocycles. The second-order valence-corrected chi connectivity index (χ2v) is 5.02. The molecule has 0 fully saturated rings. The van der Waals surface area contributed by atoms with Gasteiger partial charge in [-0.05, 0) is 24.3 Å². The summed E-state index contributed by atoms with van der Waals surface area (Å²) < 4.78 is 2.32. The van der Waals surface area contributed by atoms with Gasteiger partial charge in [-0.1, -0.05) is 30.3 Å². The van der Waals surface area contributed by atoms with E-state index in [9.17, 15) is 5.11 Å². The fourth-order valence-corrected chi connectivity index (χ4v) is 2.67. The van der Waals surface area contributed by atoms with E-state index < -0.39 is 0 Å². The van der Waals surface area contributed by atoms with Crippen molar-refractivity contribution in [2.75, 3.05) is 6.61 Å². The molecule has 1 unspecified atom stereocenters. The van der Waals surface area contributed by atoms with Crippen LogP contribution in [0.1, 0.15) is 23.5 Å². The first-order valence-corrected chi connectivity index (χ1v) is 6.55. The van der Waals surface area contributed by atoms with Crippen LogP contribution < -0.4 is 0 Å². The zero-order chi connectivity index (χ0) is 12.4. The van der Waals surface area contributed by atoms with Crippen LogP contribution in [-0.4, -0.2) is 21.3 Å². The Hall–Kier alpha value is -1.61. The molecule has 3 rings (SSSR count). The summed E-state index contributed by atoms with van der Waals surface area (Å²) in [6, 6.07) is 10.5. The minimum absolute atomic E-state index is 0.291. The van der Waals surface area contributed by atoms with E-state index in [0.717, 1.165) is 31.6 Å². The van der Waals surface area contributed by atoms with Crippen molar-refractivity contribution in [2.45, 2.75) is 25.8 Å². The van der Waals surface area contributed by atoms with Crippen LogP contribution >= 0.6 is 0 Å². The van der Waals surface area contributed by atoms with Crippen molar-refractivity contribution in [2.24, 2.45) is 5.92 Å². The van der Waals surface area contributed by atoms with Gasteiger partial charge in [0.25, 0.3) is 0 Å². The standard InChI is InChI=1S/C15H18N2O/c18-11-13-6-7-17-14(8-13)10-16-15(17)9-12-4-2-1-3-5-12/h1-5,10,13,18H,6-9,11H2. The third-order valence-corrected chi connectivity index (χ3v) is 3.74. The van der Waals surface area contributed by atoms with Gasteiger partial charge in [-0.2, -0.15) is 0 Å². The highest BCUT2D eigenvalue weighted by Crippen LogP contribution is 2.22. The van der Waals surface area contributed by atoms with Crippen molar-refractivity contribution < 1.29 is 5.11 Å². The van der Waals surface area contributed by atoms with Crippen molar-refractivity contribution in [3.05, 3.63) is 53.6 Å². The topological polar surface area (TPSA) is 38.0 Å². The second-order valence-electron chi connectivity index (χ2n) is 5.02. The molecule has 1 aliphatic rings. The number of imidazole rings is 1. The third-order valence-electron chi connectivity index (χ3n) is 3.74. The lowest BCUT2D eigenvalue weighted by Crippen LogP contribution is -2.22. The maximum atomic E-state index is 9.23. The Morgan fingerprint density at radius 3 is 2.89 bits per heavy atom. The van der Waals surface area contributed by atoms with Crippen molar-refractivity contribution in [3.63, 3.8) is 0 Å². The Kier molecular flexibility index (Phi) is 3.15. The summed E-state index contributed by atoms with van der Waals surface area (Å²) in [6.07, 6.45) is 4.88. The number of aromatic nitrogens is 2. The summed E-state index contributed by atoms with van der Waals surface area (Å²) in [6.45, 7) is 1.28. The van der Waals surface area contributed by atoms with E-state index in [1.807, 2.05) is 12.3 Å². The van der Waals surface area contributed by atoms with E-state index in [-0.39, 0.29) is 0 Å². The van der Waals surface area contributed by atoms with Crippen LogP contribution in [0.25, 0.3) is 0 Å². The molecule has 94 valence electrons. The molecular formula is C15H18N2O. The Bertz CT molecular complexity index is 519. The molecule has 0 aliphatic carbocycles. The summed E-state index contributed by atoms with van der Waals surface area (Å²) in [5.41, 5.74) is 2.57. The van der Waals surface area contributed by atoms with Crippen molar-refractivity contribution in [1.29, 1.82) is 0 Å². The van der Waals surface area contributed by atoms with Crippen LogP contribution in [0.3, 0.4) is 0 Å². The molecule has 0 amide bonds. The number of benzene rings is 1. The van der Waals surface area contributed by atoms with Gasteiger partial charge in [0.15, 0.2) is 0 Å². The Morgan fingerprint density at radius 2 is 2.11 bits per heavy atom. The molecule has 1 N–H and O–H groups in total. The quantitative estimate of drug-likeness (QED) is 0.894. The maximum Gasteiger partial charge on any atom is 0.113 e. The van der Waals surface area contributed by atoms with E-state index in [1.165, 1.54) is 11.3 Å². The summed E-state index contributed by atoms with van der Waals surface area (Å²) in [4.78, 5) is 4.54. The lowest BCUT2D eigenvalue weighted by Gasteiger charge is -2.23. The molecule has 3 nitrogen and oxygen atoms in total. The van der Waals surface area contributed by atoms with Crippen LogP contribution in [-0.2, 0) is 19.4 Å². The lowest BCUT2D eigenvalue weighted by molar-refractivity contribution is 0.200. The Balaban J connectivity index is 1.81. The van der Waals surface area contributed by atoms with E-state index >= 15 is 0 Å². The molecule has 0 radical (unpaired) electrons. The van der Waals surface area contributed by atoms with Gasteiger partial charge in [0.2, 0.25) is 0 Å². The maximum absolute atomic E-state index is 9.23. The zero-order valence-electron chi connectivity index (χ0n) is 10.4. The van der Waals surface area contributed by atoms with Gasteiger partial charge >= 0.3 is 0 Å². The fourth-order valence-electron chi connectivity index (χ4n) is 2.67. The molecule has 1 aromatic carbocycles. The predicted octanol–water partition coefficient (Wildman–Crippen LogP) is 2.03. The first kappa shape index (κ1) is 11.5. The van der Waals surface area contributed by atoms with E-state index in [1.54, 1.807) is 0 Å². The van der Waals surface area contributed by atoms with Crippen molar-refractivity contribution in [1.82, 2.24) is 9.55 Å².